The standard InChI is InChI=1S/C26H39NO3/c1-16(2)7-6-8-17(3)19-9-10-20-23-21(12-14-25(19,20)4)26(5)13-11-18(27-29)15-22(26)24(28)30-23/h15-17,19-20,29H,6-14H2,1-5H3/b27-18-/t17-,19-,20+,25-,26-/m1/s1. The zero-order valence-electron chi connectivity index (χ0n) is 19.5. The lowest BCUT2D eigenvalue weighted by Gasteiger charge is -2.50. The maximum absolute atomic E-state index is 13.0. The number of hydrogen-bond donors (Lipinski definition) is 1. The van der Waals surface area contributed by atoms with Crippen LogP contribution in [0.15, 0.2) is 28.1 Å². The van der Waals surface area contributed by atoms with Crippen LogP contribution in [-0.2, 0) is 9.53 Å². The quantitative estimate of drug-likeness (QED) is 0.312. The van der Waals surface area contributed by atoms with Gasteiger partial charge in [0.05, 0.1) is 5.71 Å². The second-order valence-electron chi connectivity index (χ2n) is 11.3. The molecule has 0 spiro atoms. The molecule has 0 saturated heterocycles. The Kier molecular flexibility index (Phi) is 5.65. The zero-order chi connectivity index (χ0) is 21.7. The van der Waals surface area contributed by atoms with Gasteiger partial charge in [-0.1, -0.05) is 59.0 Å². The first kappa shape index (κ1) is 21.6. The highest BCUT2D eigenvalue weighted by atomic mass is 16.5. The number of ether oxygens (including phenoxy) is 1. The van der Waals surface area contributed by atoms with E-state index in [1.54, 1.807) is 6.08 Å². The van der Waals surface area contributed by atoms with Crippen LogP contribution in [0.2, 0.25) is 0 Å². The second kappa shape index (κ2) is 7.84. The Balaban J connectivity index is 1.61. The summed E-state index contributed by atoms with van der Waals surface area (Å²) in [6.07, 6.45) is 11.8. The average Bonchev–Trinajstić information content (AvgIpc) is 3.05. The van der Waals surface area contributed by atoms with Gasteiger partial charge in [-0.2, -0.15) is 0 Å². The van der Waals surface area contributed by atoms with Gasteiger partial charge in [0.25, 0.3) is 0 Å². The van der Waals surface area contributed by atoms with Gasteiger partial charge in [0.2, 0.25) is 0 Å². The zero-order valence-corrected chi connectivity index (χ0v) is 19.5. The average molecular weight is 414 g/mol. The molecule has 0 aromatic rings. The Morgan fingerprint density at radius 1 is 1.17 bits per heavy atom. The monoisotopic (exact) mass is 413 g/mol. The predicted octanol–water partition coefficient (Wildman–Crippen LogP) is 6.64. The van der Waals surface area contributed by atoms with Gasteiger partial charge in [-0.05, 0) is 73.3 Å². The summed E-state index contributed by atoms with van der Waals surface area (Å²) in [4.78, 5) is 13.0. The second-order valence-corrected chi connectivity index (χ2v) is 11.3. The molecule has 30 heavy (non-hydrogen) atoms. The van der Waals surface area contributed by atoms with Crippen molar-refractivity contribution in [2.75, 3.05) is 0 Å². The first-order valence-corrected chi connectivity index (χ1v) is 12.1. The Bertz CT molecular complexity index is 807. The van der Waals surface area contributed by atoms with Gasteiger partial charge < -0.3 is 9.94 Å². The number of oxime groups is 1. The molecule has 1 N–H and O–H groups in total. The molecule has 0 amide bonds. The lowest BCUT2D eigenvalue weighted by molar-refractivity contribution is -0.140. The molecule has 1 aliphatic heterocycles. The molecule has 1 saturated carbocycles. The van der Waals surface area contributed by atoms with Gasteiger partial charge in [0, 0.05) is 16.9 Å². The Hall–Kier alpha value is -1.58. The number of rotatable bonds is 5. The first-order valence-electron chi connectivity index (χ1n) is 12.1. The molecule has 3 aliphatic carbocycles. The van der Waals surface area contributed by atoms with Crippen molar-refractivity contribution in [3.63, 3.8) is 0 Å². The minimum absolute atomic E-state index is 0.227. The molecule has 0 aromatic carbocycles. The molecule has 0 bridgehead atoms. The van der Waals surface area contributed by atoms with Crippen molar-refractivity contribution in [2.24, 2.45) is 39.7 Å². The molecule has 4 aliphatic rings. The van der Waals surface area contributed by atoms with E-state index in [2.05, 4.69) is 39.8 Å². The fraction of sp³-hybridized carbons (Fsp3) is 0.769. The van der Waals surface area contributed by atoms with Crippen LogP contribution in [-0.4, -0.2) is 16.9 Å². The Labute approximate surface area is 181 Å². The molecule has 0 aromatic heterocycles. The minimum Gasteiger partial charge on any atom is -0.427 e. The summed E-state index contributed by atoms with van der Waals surface area (Å²) in [6.45, 7) is 11.7. The molecule has 0 unspecified atom stereocenters. The number of hydrogen-bond acceptors (Lipinski definition) is 4. The number of carbonyl (C=O) groups is 1. The molecule has 4 rings (SSSR count). The van der Waals surface area contributed by atoms with Gasteiger partial charge in [-0.15, -0.1) is 0 Å². The van der Waals surface area contributed by atoms with Crippen LogP contribution in [0.3, 0.4) is 0 Å². The van der Waals surface area contributed by atoms with E-state index in [0.29, 0.717) is 29.5 Å². The van der Waals surface area contributed by atoms with Crippen molar-refractivity contribution >= 4 is 11.7 Å². The van der Waals surface area contributed by atoms with Gasteiger partial charge in [-0.3, -0.25) is 0 Å². The van der Waals surface area contributed by atoms with Crippen molar-refractivity contribution in [3.05, 3.63) is 23.0 Å². The van der Waals surface area contributed by atoms with Crippen LogP contribution in [0, 0.1) is 34.5 Å². The van der Waals surface area contributed by atoms with E-state index in [0.717, 1.165) is 36.9 Å². The molecule has 166 valence electrons. The fourth-order valence-corrected chi connectivity index (χ4v) is 7.19. The molecule has 4 nitrogen and oxygen atoms in total. The Morgan fingerprint density at radius 2 is 1.93 bits per heavy atom. The third-order valence-electron chi connectivity index (χ3n) is 9.07. The molecule has 5 atom stereocenters. The number of nitrogens with zero attached hydrogens (tertiary/aromatic N) is 1. The first-order chi connectivity index (χ1) is 14.2. The summed E-state index contributed by atoms with van der Waals surface area (Å²) >= 11 is 0. The largest absolute Gasteiger partial charge is 0.427 e. The Morgan fingerprint density at radius 3 is 2.63 bits per heavy atom. The summed E-state index contributed by atoms with van der Waals surface area (Å²) in [7, 11) is 0. The summed E-state index contributed by atoms with van der Waals surface area (Å²) in [5.74, 6) is 3.37. The predicted molar refractivity (Wildman–Crippen MR) is 119 cm³/mol. The lowest BCUT2D eigenvalue weighted by atomic mass is 9.57. The van der Waals surface area contributed by atoms with E-state index in [9.17, 15) is 10.0 Å². The molecular weight excluding hydrogens is 374 g/mol. The van der Waals surface area contributed by atoms with Crippen molar-refractivity contribution in [1.82, 2.24) is 0 Å². The van der Waals surface area contributed by atoms with Crippen LogP contribution in [0.4, 0.5) is 0 Å². The van der Waals surface area contributed by atoms with Gasteiger partial charge >= 0.3 is 5.97 Å². The smallest absolute Gasteiger partial charge is 0.340 e. The normalized spacial score (nSPS) is 38.1. The van der Waals surface area contributed by atoms with E-state index < -0.39 is 0 Å². The molecule has 1 heterocycles. The van der Waals surface area contributed by atoms with E-state index in [-0.39, 0.29) is 16.8 Å². The number of allylic oxidation sites excluding steroid dienone is 3. The van der Waals surface area contributed by atoms with Crippen molar-refractivity contribution in [3.8, 4) is 0 Å². The number of esters is 1. The summed E-state index contributed by atoms with van der Waals surface area (Å²) in [5.41, 5.74) is 2.59. The maximum Gasteiger partial charge on any atom is 0.340 e. The highest BCUT2D eigenvalue weighted by Crippen LogP contribution is 2.64. The van der Waals surface area contributed by atoms with Crippen molar-refractivity contribution < 1.29 is 14.7 Å². The summed E-state index contributed by atoms with van der Waals surface area (Å²) < 4.78 is 6.07. The number of fused-ring (bicyclic) bond motifs is 4. The van der Waals surface area contributed by atoms with Crippen LogP contribution >= 0.6 is 0 Å². The van der Waals surface area contributed by atoms with Crippen molar-refractivity contribution in [2.45, 2.75) is 92.4 Å². The van der Waals surface area contributed by atoms with Gasteiger partial charge in [-0.25, -0.2) is 4.79 Å². The maximum atomic E-state index is 13.0. The molecule has 4 heteroatoms. The van der Waals surface area contributed by atoms with E-state index in [1.165, 1.54) is 37.7 Å². The third-order valence-corrected chi connectivity index (χ3v) is 9.07. The number of carbonyl (C=O) groups excluding carboxylic acids is 1. The summed E-state index contributed by atoms with van der Waals surface area (Å²) in [5, 5.41) is 12.5. The molecular formula is C26H39NO3. The fourth-order valence-electron chi connectivity index (χ4n) is 7.19. The van der Waals surface area contributed by atoms with Crippen LogP contribution in [0.25, 0.3) is 0 Å². The minimum atomic E-state index is -0.263. The van der Waals surface area contributed by atoms with Gasteiger partial charge in [0.15, 0.2) is 0 Å². The highest BCUT2D eigenvalue weighted by Gasteiger charge is 2.57. The molecule has 1 fully saturated rings. The molecule has 0 radical (unpaired) electrons. The highest BCUT2D eigenvalue weighted by molar-refractivity contribution is 6.05. The van der Waals surface area contributed by atoms with E-state index in [4.69, 9.17) is 4.74 Å². The van der Waals surface area contributed by atoms with E-state index >= 15 is 0 Å². The van der Waals surface area contributed by atoms with Crippen LogP contribution in [0.5, 0.6) is 0 Å². The third kappa shape index (κ3) is 3.35. The lowest BCUT2D eigenvalue weighted by Crippen LogP contribution is -2.44. The van der Waals surface area contributed by atoms with Crippen LogP contribution in [0.1, 0.15) is 92.4 Å². The van der Waals surface area contributed by atoms with Gasteiger partial charge in [0.1, 0.15) is 5.76 Å². The summed E-state index contributed by atoms with van der Waals surface area (Å²) in [6, 6.07) is 0. The van der Waals surface area contributed by atoms with Crippen molar-refractivity contribution in [1.29, 1.82) is 0 Å². The van der Waals surface area contributed by atoms with E-state index in [1.807, 2.05) is 0 Å². The SMILES string of the molecule is CC(C)CCC[C@@H](C)[C@H]1CC[C@H]2C3=C(CC[C@]12C)[C@@]1(C)CC/C(=N/O)C=C1C(=O)O3. The van der Waals surface area contributed by atoms with Crippen LogP contribution < -0.4 is 0 Å². The topological polar surface area (TPSA) is 58.9 Å².